The van der Waals surface area contributed by atoms with Crippen molar-refractivity contribution in [3.05, 3.63) is 52.3 Å². The van der Waals surface area contributed by atoms with Crippen LogP contribution in [0.1, 0.15) is 11.3 Å². The van der Waals surface area contributed by atoms with Crippen molar-refractivity contribution in [2.75, 3.05) is 0 Å². The summed E-state index contributed by atoms with van der Waals surface area (Å²) < 4.78 is 15.6. The summed E-state index contributed by atoms with van der Waals surface area (Å²) in [5.41, 5.74) is 1.45. The molecule has 0 fully saturated rings. The van der Waals surface area contributed by atoms with Crippen molar-refractivity contribution in [1.82, 2.24) is 9.55 Å². The number of imidazole rings is 1. The number of hydrogen-bond donors (Lipinski definition) is 1. The molecule has 2 aromatic rings. The van der Waals surface area contributed by atoms with Crippen molar-refractivity contribution >= 4 is 15.9 Å². The van der Waals surface area contributed by atoms with Crippen LogP contribution in [0.5, 0.6) is 0 Å². The topological polar surface area (TPSA) is 38.0 Å². The third-order valence-corrected chi connectivity index (χ3v) is 2.59. The summed E-state index contributed by atoms with van der Waals surface area (Å²) in [5.74, 6) is -0.271. The number of aliphatic hydroxyl groups excluding tert-OH is 1. The van der Waals surface area contributed by atoms with Crippen LogP contribution < -0.4 is 0 Å². The van der Waals surface area contributed by atoms with Gasteiger partial charge in [-0.3, -0.25) is 0 Å². The Morgan fingerprint density at radius 3 is 2.81 bits per heavy atom. The Morgan fingerprint density at radius 1 is 1.38 bits per heavy atom. The molecule has 1 heterocycles. The Kier molecular flexibility index (Phi) is 3.36. The lowest BCUT2D eigenvalue weighted by atomic mass is 10.2. The number of halogens is 2. The highest BCUT2D eigenvalue weighted by atomic mass is 79.9. The average Bonchev–Trinajstić information content (AvgIpc) is 2.64. The quantitative estimate of drug-likeness (QED) is 0.940. The predicted molar refractivity (Wildman–Crippen MR) is 61.4 cm³/mol. The zero-order valence-electron chi connectivity index (χ0n) is 8.40. The Bertz CT molecular complexity index is 478. The van der Waals surface area contributed by atoms with Gasteiger partial charge in [-0.2, -0.15) is 0 Å². The second kappa shape index (κ2) is 4.76. The molecule has 0 aliphatic rings. The lowest BCUT2D eigenvalue weighted by molar-refractivity contribution is 0.277. The molecule has 0 aliphatic carbocycles. The smallest absolute Gasteiger partial charge is 0.124 e. The summed E-state index contributed by atoms with van der Waals surface area (Å²) >= 11 is 3.24. The highest BCUT2D eigenvalue weighted by molar-refractivity contribution is 9.10. The van der Waals surface area contributed by atoms with Gasteiger partial charge in [-0.05, 0) is 23.8 Å². The van der Waals surface area contributed by atoms with Gasteiger partial charge in [-0.1, -0.05) is 15.9 Å². The zero-order chi connectivity index (χ0) is 11.5. The van der Waals surface area contributed by atoms with E-state index in [-0.39, 0.29) is 12.4 Å². The normalized spacial score (nSPS) is 10.7. The van der Waals surface area contributed by atoms with Crippen LogP contribution in [0.2, 0.25) is 0 Å². The Balaban J connectivity index is 2.19. The Labute approximate surface area is 101 Å². The molecule has 0 bridgehead atoms. The predicted octanol–water partition coefficient (Wildman–Crippen LogP) is 2.33. The molecule has 0 aliphatic heterocycles. The molecule has 0 saturated carbocycles. The molecule has 1 N–H and O–H groups in total. The van der Waals surface area contributed by atoms with Crippen molar-refractivity contribution in [3.8, 4) is 0 Å². The van der Waals surface area contributed by atoms with Gasteiger partial charge in [0.2, 0.25) is 0 Å². The Morgan fingerprint density at radius 2 is 2.19 bits per heavy atom. The average molecular weight is 285 g/mol. The third kappa shape index (κ3) is 2.68. The van der Waals surface area contributed by atoms with Crippen LogP contribution in [-0.2, 0) is 13.2 Å². The molecule has 16 heavy (non-hydrogen) atoms. The first-order valence-electron chi connectivity index (χ1n) is 4.74. The summed E-state index contributed by atoms with van der Waals surface area (Å²) in [6.45, 7) is 0.448. The lowest BCUT2D eigenvalue weighted by Gasteiger charge is -2.03. The number of aliphatic hydroxyl groups is 1. The van der Waals surface area contributed by atoms with E-state index < -0.39 is 0 Å². The second-order valence-corrected chi connectivity index (χ2v) is 4.39. The first-order valence-corrected chi connectivity index (χ1v) is 5.53. The molecule has 0 radical (unpaired) electrons. The number of aromatic nitrogens is 2. The molecule has 0 unspecified atom stereocenters. The summed E-state index contributed by atoms with van der Waals surface area (Å²) in [4.78, 5) is 3.98. The fourth-order valence-corrected chi connectivity index (χ4v) is 2.00. The molecule has 2 rings (SSSR count). The van der Waals surface area contributed by atoms with Gasteiger partial charge in [-0.15, -0.1) is 0 Å². The van der Waals surface area contributed by atoms with Gasteiger partial charge in [0.25, 0.3) is 0 Å². The molecule has 3 nitrogen and oxygen atoms in total. The van der Waals surface area contributed by atoms with E-state index in [1.807, 2.05) is 6.07 Å². The zero-order valence-corrected chi connectivity index (χ0v) is 9.98. The maximum absolute atomic E-state index is 13.1. The standard InChI is InChI=1S/C11H10BrFN2O/c12-9-1-8(2-10(13)3-9)4-15-5-11(6-16)14-7-15/h1-3,5,7,16H,4,6H2. The fraction of sp³-hybridized carbons (Fsp3) is 0.182. The maximum Gasteiger partial charge on any atom is 0.124 e. The van der Waals surface area contributed by atoms with Crippen molar-refractivity contribution in [1.29, 1.82) is 0 Å². The maximum atomic E-state index is 13.1. The van der Waals surface area contributed by atoms with Gasteiger partial charge in [0.1, 0.15) is 5.82 Å². The lowest BCUT2D eigenvalue weighted by Crippen LogP contribution is -1.97. The van der Waals surface area contributed by atoms with Gasteiger partial charge >= 0.3 is 0 Å². The van der Waals surface area contributed by atoms with Crippen LogP contribution in [0.3, 0.4) is 0 Å². The molecule has 1 aromatic heterocycles. The van der Waals surface area contributed by atoms with E-state index in [1.165, 1.54) is 12.1 Å². The molecular weight excluding hydrogens is 275 g/mol. The molecule has 1 aromatic carbocycles. The van der Waals surface area contributed by atoms with E-state index in [2.05, 4.69) is 20.9 Å². The van der Waals surface area contributed by atoms with E-state index in [0.717, 1.165) is 5.56 Å². The number of benzene rings is 1. The summed E-state index contributed by atoms with van der Waals surface area (Å²) in [6, 6.07) is 4.74. The number of hydrogen-bond acceptors (Lipinski definition) is 2. The molecule has 84 valence electrons. The van der Waals surface area contributed by atoms with Crippen LogP contribution in [-0.4, -0.2) is 14.7 Å². The van der Waals surface area contributed by atoms with Crippen LogP contribution in [0.25, 0.3) is 0 Å². The van der Waals surface area contributed by atoms with E-state index in [0.29, 0.717) is 16.7 Å². The summed E-state index contributed by atoms with van der Waals surface area (Å²) in [5, 5.41) is 8.86. The van der Waals surface area contributed by atoms with Crippen LogP contribution in [0, 0.1) is 5.82 Å². The molecular formula is C11H10BrFN2O. The molecule has 5 heteroatoms. The van der Waals surface area contributed by atoms with Gasteiger partial charge in [-0.25, -0.2) is 9.37 Å². The number of rotatable bonds is 3. The van der Waals surface area contributed by atoms with Crippen LogP contribution in [0.15, 0.2) is 35.2 Å². The van der Waals surface area contributed by atoms with E-state index >= 15 is 0 Å². The number of nitrogens with zero attached hydrogens (tertiary/aromatic N) is 2. The van der Waals surface area contributed by atoms with Crippen molar-refractivity contribution in [2.24, 2.45) is 0 Å². The minimum absolute atomic E-state index is 0.0835. The van der Waals surface area contributed by atoms with E-state index in [9.17, 15) is 4.39 Å². The SMILES string of the molecule is OCc1cn(Cc2cc(F)cc(Br)c2)cn1. The van der Waals surface area contributed by atoms with Gasteiger partial charge in [0, 0.05) is 17.2 Å². The molecule has 0 amide bonds. The van der Waals surface area contributed by atoms with E-state index in [4.69, 9.17) is 5.11 Å². The second-order valence-electron chi connectivity index (χ2n) is 3.47. The van der Waals surface area contributed by atoms with Crippen molar-refractivity contribution in [3.63, 3.8) is 0 Å². The third-order valence-electron chi connectivity index (χ3n) is 2.14. The van der Waals surface area contributed by atoms with Crippen LogP contribution >= 0.6 is 15.9 Å². The fourth-order valence-electron chi connectivity index (χ4n) is 1.49. The van der Waals surface area contributed by atoms with Crippen LogP contribution in [0.4, 0.5) is 4.39 Å². The molecule has 0 atom stereocenters. The van der Waals surface area contributed by atoms with Gasteiger partial charge in [0.05, 0.1) is 18.6 Å². The molecule has 0 saturated heterocycles. The summed E-state index contributed by atoms with van der Waals surface area (Å²) in [7, 11) is 0. The van der Waals surface area contributed by atoms with E-state index in [1.54, 1.807) is 17.1 Å². The van der Waals surface area contributed by atoms with Gasteiger partial charge in [0.15, 0.2) is 0 Å². The van der Waals surface area contributed by atoms with Crippen molar-refractivity contribution < 1.29 is 9.50 Å². The first-order chi connectivity index (χ1) is 7.67. The first kappa shape index (κ1) is 11.3. The minimum Gasteiger partial charge on any atom is -0.390 e. The Hall–Kier alpha value is -1.20. The van der Waals surface area contributed by atoms with Gasteiger partial charge < -0.3 is 9.67 Å². The molecule has 0 spiro atoms. The minimum atomic E-state index is -0.271. The monoisotopic (exact) mass is 284 g/mol. The largest absolute Gasteiger partial charge is 0.390 e. The highest BCUT2D eigenvalue weighted by Crippen LogP contribution is 2.15. The van der Waals surface area contributed by atoms with Crippen molar-refractivity contribution in [2.45, 2.75) is 13.2 Å². The summed E-state index contributed by atoms with van der Waals surface area (Å²) in [6.07, 6.45) is 3.35. The highest BCUT2D eigenvalue weighted by Gasteiger charge is 2.01.